The summed E-state index contributed by atoms with van der Waals surface area (Å²) >= 11 is 6.06. The zero-order valence-electron chi connectivity index (χ0n) is 8.12. The molecule has 0 unspecified atom stereocenters. The van der Waals surface area contributed by atoms with E-state index in [4.69, 9.17) is 21.1 Å². The van der Waals surface area contributed by atoms with Gasteiger partial charge >= 0.3 is 0 Å². The van der Waals surface area contributed by atoms with Crippen molar-refractivity contribution in [2.75, 3.05) is 13.7 Å². The van der Waals surface area contributed by atoms with Gasteiger partial charge in [0.1, 0.15) is 18.1 Å². The lowest BCUT2D eigenvalue weighted by molar-refractivity contribution is -0.105. The average molecular weight is 225 g/mol. The first kappa shape index (κ1) is 10.1. The molecule has 0 N–H and O–H groups in total. The van der Waals surface area contributed by atoms with Crippen molar-refractivity contribution in [3.05, 3.63) is 29.3 Å². The SMILES string of the molecule is COc1ccc2c(c1)C(Cl)=C(C=O)CO2. The number of fused-ring (bicyclic) bond motifs is 1. The van der Waals surface area contributed by atoms with E-state index in [1.54, 1.807) is 25.3 Å². The van der Waals surface area contributed by atoms with Gasteiger partial charge in [0.25, 0.3) is 0 Å². The Morgan fingerprint density at radius 3 is 3.00 bits per heavy atom. The van der Waals surface area contributed by atoms with E-state index in [1.807, 2.05) is 0 Å². The summed E-state index contributed by atoms with van der Waals surface area (Å²) in [5, 5.41) is 0.435. The maximum absolute atomic E-state index is 10.7. The number of aldehydes is 1. The molecule has 2 rings (SSSR count). The van der Waals surface area contributed by atoms with Crippen molar-refractivity contribution in [2.45, 2.75) is 0 Å². The van der Waals surface area contributed by atoms with Crippen LogP contribution >= 0.6 is 11.6 Å². The number of rotatable bonds is 2. The van der Waals surface area contributed by atoms with E-state index in [-0.39, 0.29) is 6.61 Å². The number of hydrogen-bond donors (Lipinski definition) is 0. The van der Waals surface area contributed by atoms with E-state index in [0.717, 1.165) is 0 Å². The molecule has 0 fully saturated rings. The van der Waals surface area contributed by atoms with Gasteiger partial charge in [0, 0.05) is 11.1 Å². The van der Waals surface area contributed by atoms with Crippen LogP contribution in [0, 0.1) is 0 Å². The van der Waals surface area contributed by atoms with Crippen molar-refractivity contribution in [3.63, 3.8) is 0 Å². The van der Waals surface area contributed by atoms with Gasteiger partial charge in [0.05, 0.1) is 12.1 Å². The summed E-state index contributed by atoms with van der Waals surface area (Å²) < 4.78 is 10.4. The first-order valence-corrected chi connectivity index (χ1v) is 4.79. The molecular formula is C11H9ClO3. The minimum absolute atomic E-state index is 0.224. The Bertz CT molecular complexity index is 437. The van der Waals surface area contributed by atoms with E-state index in [1.165, 1.54) is 0 Å². The molecule has 0 radical (unpaired) electrons. The van der Waals surface area contributed by atoms with Crippen LogP contribution < -0.4 is 9.47 Å². The number of benzene rings is 1. The van der Waals surface area contributed by atoms with Crippen molar-refractivity contribution >= 4 is 22.9 Å². The third-order valence-corrected chi connectivity index (χ3v) is 2.68. The van der Waals surface area contributed by atoms with Crippen molar-refractivity contribution in [1.82, 2.24) is 0 Å². The van der Waals surface area contributed by atoms with E-state index < -0.39 is 0 Å². The Morgan fingerprint density at radius 2 is 2.33 bits per heavy atom. The zero-order chi connectivity index (χ0) is 10.8. The number of carbonyl (C=O) groups excluding carboxylic acids is 1. The van der Waals surface area contributed by atoms with Crippen molar-refractivity contribution in [1.29, 1.82) is 0 Å². The predicted molar refractivity (Wildman–Crippen MR) is 57.3 cm³/mol. The summed E-state index contributed by atoms with van der Waals surface area (Å²) in [5.74, 6) is 1.36. The van der Waals surface area contributed by atoms with E-state index >= 15 is 0 Å². The molecule has 0 bridgehead atoms. The summed E-state index contributed by atoms with van der Waals surface area (Å²) in [4.78, 5) is 10.7. The number of ether oxygens (including phenoxy) is 2. The smallest absolute Gasteiger partial charge is 0.150 e. The van der Waals surface area contributed by atoms with Crippen molar-refractivity contribution in [3.8, 4) is 11.5 Å². The molecule has 3 nitrogen and oxygen atoms in total. The van der Waals surface area contributed by atoms with Crippen LogP contribution in [0.5, 0.6) is 11.5 Å². The third-order valence-electron chi connectivity index (χ3n) is 2.23. The van der Waals surface area contributed by atoms with Gasteiger partial charge in [-0.3, -0.25) is 4.79 Å². The second-order valence-electron chi connectivity index (χ2n) is 3.11. The topological polar surface area (TPSA) is 35.5 Å². The molecule has 1 aliphatic heterocycles. The van der Waals surface area contributed by atoms with Crippen LogP contribution in [0.4, 0.5) is 0 Å². The largest absolute Gasteiger partial charge is 0.497 e. The van der Waals surface area contributed by atoms with Gasteiger partial charge in [-0.2, -0.15) is 0 Å². The lowest BCUT2D eigenvalue weighted by Crippen LogP contribution is -2.10. The lowest BCUT2D eigenvalue weighted by atomic mass is 10.1. The molecule has 0 saturated heterocycles. The molecule has 0 amide bonds. The standard InChI is InChI=1S/C11H9ClO3/c1-14-8-2-3-10-9(4-8)11(12)7(5-13)6-15-10/h2-5H,6H2,1H3. The minimum atomic E-state index is 0.224. The first-order valence-electron chi connectivity index (χ1n) is 4.41. The maximum Gasteiger partial charge on any atom is 0.150 e. The molecule has 1 heterocycles. The van der Waals surface area contributed by atoms with Crippen LogP contribution in [0.15, 0.2) is 23.8 Å². The highest BCUT2D eigenvalue weighted by Crippen LogP contribution is 2.37. The van der Waals surface area contributed by atoms with Gasteiger partial charge in [-0.1, -0.05) is 11.6 Å². The number of halogens is 1. The molecule has 0 aromatic heterocycles. The van der Waals surface area contributed by atoms with Gasteiger partial charge in [-0.25, -0.2) is 0 Å². The first-order chi connectivity index (χ1) is 7.26. The summed E-state index contributed by atoms with van der Waals surface area (Å²) in [5.41, 5.74) is 1.15. The minimum Gasteiger partial charge on any atom is -0.497 e. The molecule has 0 spiro atoms. The van der Waals surface area contributed by atoms with E-state index in [9.17, 15) is 4.79 Å². The Labute approximate surface area is 92.3 Å². The van der Waals surface area contributed by atoms with Gasteiger partial charge in [0.2, 0.25) is 0 Å². The second kappa shape index (κ2) is 3.95. The highest BCUT2D eigenvalue weighted by atomic mass is 35.5. The molecule has 1 aliphatic rings. The summed E-state index contributed by atoms with van der Waals surface area (Å²) in [6, 6.07) is 5.31. The van der Waals surface area contributed by atoms with Crippen LogP contribution in [0.25, 0.3) is 5.03 Å². The molecule has 1 aromatic rings. The Kier molecular flexibility index (Phi) is 2.64. The van der Waals surface area contributed by atoms with Gasteiger partial charge < -0.3 is 9.47 Å². The molecule has 78 valence electrons. The third kappa shape index (κ3) is 1.70. The highest BCUT2D eigenvalue weighted by molar-refractivity contribution is 6.51. The second-order valence-corrected chi connectivity index (χ2v) is 3.49. The molecule has 0 saturated carbocycles. The molecular weight excluding hydrogens is 216 g/mol. The Balaban J connectivity index is 2.55. The molecule has 0 aliphatic carbocycles. The Hall–Kier alpha value is -1.48. The lowest BCUT2D eigenvalue weighted by Gasteiger charge is -2.18. The summed E-state index contributed by atoms with van der Waals surface area (Å²) in [6.07, 6.45) is 0.713. The Morgan fingerprint density at radius 1 is 1.53 bits per heavy atom. The van der Waals surface area contributed by atoms with Crippen LogP contribution in [-0.2, 0) is 4.79 Å². The fraction of sp³-hybridized carbons (Fsp3) is 0.182. The van der Waals surface area contributed by atoms with Gasteiger partial charge in [-0.05, 0) is 18.2 Å². The van der Waals surface area contributed by atoms with Crippen LogP contribution in [0.1, 0.15) is 5.56 Å². The van der Waals surface area contributed by atoms with Crippen LogP contribution in [0.2, 0.25) is 0 Å². The fourth-order valence-electron chi connectivity index (χ4n) is 1.41. The van der Waals surface area contributed by atoms with Crippen molar-refractivity contribution < 1.29 is 14.3 Å². The summed E-state index contributed by atoms with van der Waals surface area (Å²) in [6.45, 7) is 0.224. The molecule has 15 heavy (non-hydrogen) atoms. The number of hydrogen-bond acceptors (Lipinski definition) is 3. The molecule has 1 aromatic carbocycles. The quantitative estimate of drug-likeness (QED) is 0.723. The monoisotopic (exact) mass is 224 g/mol. The number of methoxy groups -OCH3 is 1. The van der Waals surface area contributed by atoms with Gasteiger partial charge in [-0.15, -0.1) is 0 Å². The van der Waals surface area contributed by atoms with Crippen LogP contribution in [0.3, 0.4) is 0 Å². The van der Waals surface area contributed by atoms with Crippen LogP contribution in [-0.4, -0.2) is 20.0 Å². The average Bonchev–Trinajstić information content (AvgIpc) is 2.29. The van der Waals surface area contributed by atoms with Gasteiger partial charge in [0.15, 0.2) is 6.29 Å². The van der Waals surface area contributed by atoms with E-state index in [0.29, 0.717) is 34.0 Å². The summed E-state index contributed by atoms with van der Waals surface area (Å²) in [7, 11) is 1.57. The predicted octanol–water partition coefficient (Wildman–Crippen LogP) is 2.24. The van der Waals surface area contributed by atoms with E-state index in [2.05, 4.69) is 0 Å². The van der Waals surface area contributed by atoms with Crippen molar-refractivity contribution in [2.24, 2.45) is 0 Å². The normalized spacial score (nSPS) is 14.3. The highest BCUT2D eigenvalue weighted by Gasteiger charge is 2.18. The zero-order valence-corrected chi connectivity index (χ0v) is 8.88. The maximum atomic E-state index is 10.7. The molecule has 4 heteroatoms. The number of carbonyl (C=O) groups is 1. The molecule has 0 atom stereocenters. The fourth-order valence-corrected chi connectivity index (χ4v) is 1.66.